The summed E-state index contributed by atoms with van der Waals surface area (Å²) in [7, 11) is 0. The highest BCUT2D eigenvalue weighted by Gasteiger charge is 2.20. The molecule has 0 saturated heterocycles. The van der Waals surface area contributed by atoms with Crippen LogP contribution in [0.25, 0.3) is 0 Å². The molecule has 0 aliphatic heterocycles. The molecule has 2 N–H and O–H groups in total. The summed E-state index contributed by atoms with van der Waals surface area (Å²) < 4.78 is 0. The summed E-state index contributed by atoms with van der Waals surface area (Å²) in [5, 5.41) is 0. The fourth-order valence-electron chi connectivity index (χ4n) is 2.05. The summed E-state index contributed by atoms with van der Waals surface area (Å²) >= 11 is 0. The van der Waals surface area contributed by atoms with E-state index in [1.165, 1.54) is 24.8 Å². The zero-order valence-electron chi connectivity index (χ0n) is 7.69. The molecule has 1 aliphatic carbocycles. The molecular weight excluding hydrogens is 162 g/mol. The SMILES string of the molecule is NC1CCCC(c2cncnc2)C1. The van der Waals surface area contributed by atoms with Crippen molar-refractivity contribution in [2.24, 2.45) is 5.73 Å². The fourth-order valence-corrected chi connectivity index (χ4v) is 2.05. The zero-order chi connectivity index (χ0) is 9.10. The summed E-state index contributed by atoms with van der Waals surface area (Å²) in [6.45, 7) is 0. The van der Waals surface area contributed by atoms with Crippen molar-refractivity contribution in [3.63, 3.8) is 0 Å². The van der Waals surface area contributed by atoms with E-state index in [4.69, 9.17) is 5.73 Å². The summed E-state index contributed by atoms with van der Waals surface area (Å²) in [4.78, 5) is 8.07. The van der Waals surface area contributed by atoms with E-state index < -0.39 is 0 Å². The third-order valence-corrected chi connectivity index (χ3v) is 2.77. The van der Waals surface area contributed by atoms with Crippen LogP contribution in [0.4, 0.5) is 0 Å². The highest BCUT2D eigenvalue weighted by molar-refractivity contribution is 5.11. The van der Waals surface area contributed by atoms with Crippen molar-refractivity contribution in [1.29, 1.82) is 0 Å². The quantitative estimate of drug-likeness (QED) is 0.706. The highest BCUT2D eigenvalue weighted by atomic mass is 14.8. The van der Waals surface area contributed by atoms with Gasteiger partial charge in [-0.25, -0.2) is 9.97 Å². The zero-order valence-corrected chi connectivity index (χ0v) is 7.69. The molecular formula is C10H15N3. The van der Waals surface area contributed by atoms with E-state index in [1.807, 2.05) is 12.4 Å². The smallest absolute Gasteiger partial charge is 0.115 e. The normalized spacial score (nSPS) is 28.7. The summed E-state index contributed by atoms with van der Waals surface area (Å²) in [6, 6.07) is 0.374. The third kappa shape index (κ3) is 2.04. The van der Waals surface area contributed by atoms with Gasteiger partial charge in [0, 0.05) is 18.4 Å². The maximum Gasteiger partial charge on any atom is 0.115 e. The molecule has 0 aromatic carbocycles. The molecule has 1 aromatic rings. The van der Waals surface area contributed by atoms with E-state index in [2.05, 4.69) is 9.97 Å². The Morgan fingerprint density at radius 2 is 2.00 bits per heavy atom. The van der Waals surface area contributed by atoms with Crippen molar-refractivity contribution in [3.8, 4) is 0 Å². The summed E-state index contributed by atoms with van der Waals surface area (Å²) in [5.41, 5.74) is 7.17. The van der Waals surface area contributed by atoms with Crippen LogP contribution in [0.5, 0.6) is 0 Å². The van der Waals surface area contributed by atoms with E-state index in [1.54, 1.807) is 6.33 Å². The predicted octanol–water partition coefficient (Wildman–Crippen LogP) is 1.46. The Labute approximate surface area is 78.4 Å². The first-order valence-electron chi connectivity index (χ1n) is 4.87. The van der Waals surface area contributed by atoms with Gasteiger partial charge in [0.1, 0.15) is 6.33 Å². The molecule has 0 bridgehead atoms. The fraction of sp³-hybridized carbons (Fsp3) is 0.600. The summed E-state index contributed by atoms with van der Waals surface area (Å²) in [5.74, 6) is 0.588. The van der Waals surface area contributed by atoms with Crippen LogP contribution in [0.2, 0.25) is 0 Å². The molecule has 13 heavy (non-hydrogen) atoms. The first-order valence-corrected chi connectivity index (χ1v) is 4.87. The van der Waals surface area contributed by atoms with Gasteiger partial charge in [-0.1, -0.05) is 6.42 Å². The van der Waals surface area contributed by atoms with Crippen molar-refractivity contribution in [2.45, 2.75) is 37.6 Å². The van der Waals surface area contributed by atoms with Crippen LogP contribution in [-0.2, 0) is 0 Å². The van der Waals surface area contributed by atoms with Crippen LogP contribution in [0.1, 0.15) is 37.2 Å². The van der Waals surface area contributed by atoms with E-state index in [9.17, 15) is 0 Å². The molecule has 3 heteroatoms. The molecule has 1 fully saturated rings. The second-order valence-electron chi connectivity index (χ2n) is 3.80. The van der Waals surface area contributed by atoms with Crippen molar-refractivity contribution in [3.05, 3.63) is 24.3 Å². The second-order valence-corrected chi connectivity index (χ2v) is 3.80. The predicted molar refractivity (Wildman–Crippen MR) is 51.2 cm³/mol. The van der Waals surface area contributed by atoms with Gasteiger partial charge in [-0.05, 0) is 30.7 Å². The molecule has 0 spiro atoms. The van der Waals surface area contributed by atoms with Gasteiger partial charge in [-0.3, -0.25) is 0 Å². The second kappa shape index (κ2) is 3.83. The van der Waals surface area contributed by atoms with Gasteiger partial charge in [-0.2, -0.15) is 0 Å². The van der Waals surface area contributed by atoms with Crippen LogP contribution in [0.3, 0.4) is 0 Å². The van der Waals surface area contributed by atoms with E-state index in [0.717, 1.165) is 6.42 Å². The Morgan fingerprint density at radius 3 is 2.69 bits per heavy atom. The average molecular weight is 177 g/mol. The first kappa shape index (κ1) is 8.63. The number of nitrogens with two attached hydrogens (primary N) is 1. The molecule has 3 nitrogen and oxygen atoms in total. The van der Waals surface area contributed by atoms with Crippen LogP contribution >= 0.6 is 0 Å². The van der Waals surface area contributed by atoms with Gasteiger partial charge in [0.2, 0.25) is 0 Å². The molecule has 70 valence electrons. The van der Waals surface area contributed by atoms with Crippen LogP contribution in [-0.4, -0.2) is 16.0 Å². The molecule has 2 unspecified atom stereocenters. The molecule has 1 heterocycles. The Hall–Kier alpha value is -0.960. The standard InChI is InChI=1S/C10H15N3/c11-10-3-1-2-8(4-10)9-5-12-7-13-6-9/h5-8,10H,1-4,11H2. The maximum absolute atomic E-state index is 5.92. The minimum atomic E-state index is 0.374. The van der Waals surface area contributed by atoms with Gasteiger partial charge in [0.25, 0.3) is 0 Å². The Bertz CT molecular complexity index is 260. The van der Waals surface area contributed by atoms with Gasteiger partial charge < -0.3 is 5.73 Å². The molecule has 2 atom stereocenters. The minimum Gasteiger partial charge on any atom is -0.328 e. The minimum absolute atomic E-state index is 0.374. The van der Waals surface area contributed by atoms with Gasteiger partial charge in [0.05, 0.1) is 0 Å². The van der Waals surface area contributed by atoms with Gasteiger partial charge >= 0.3 is 0 Å². The van der Waals surface area contributed by atoms with E-state index in [-0.39, 0.29) is 0 Å². The maximum atomic E-state index is 5.92. The average Bonchev–Trinajstić information content (AvgIpc) is 2.19. The van der Waals surface area contributed by atoms with Crippen molar-refractivity contribution >= 4 is 0 Å². The highest BCUT2D eigenvalue weighted by Crippen LogP contribution is 2.30. The molecule has 2 rings (SSSR count). The molecule has 1 saturated carbocycles. The number of hydrogen-bond acceptors (Lipinski definition) is 3. The molecule has 0 radical (unpaired) electrons. The van der Waals surface area contributed by atoms with Crippen LogP contribution < -0.4 is 5.73 Å². The molecule has 1 aromatic heterocycles. The summed E-state index contributed by atoms with van der Waals surface area (Å²) in [6.07, 6.45) is 10.1. The Balaban J connectivity index is 2.08. The van der Waals surface area contributed by atoms with Gasteiger partial charge in [0.15, 0.2) is 0 Å². The largest absolute Gasteiger partial charge is 0.328 e. The first-order chi connectivity index (χ1) is 6.36. The lowest BCUT2D eigenvalue weighted by Crippen LogP contribution is -2.26. The number of rotatable bonds is 1. The van der Waals surface area contributed by atoms with E-state index >= 15 is 0 Å². The van der Waals surface area contributed by atoms with Crippen LogP contribution in [0.15, 0.2) is 18.7 Å². The Morgan fingerprint density at radius 1 is 1.23 bits per heavy atom. The number of aromatic nitrogens is 2. The number of nitrogens with zero attached hydrogens (tertiary/aromatic N) is 2. The lowest BCUT2D eigenvalue weighted by Gasteiger charge is -2.26. The number of hydrogen-bond donors (Lipinski definition) is 1. The lowest BCUT2D eigenvalue weighted by atomic mass is 9.83. The van der Waals surface area contributed by atoms with Crippen molar-refractivity contribution < 1.29 is 0 Å². The van der Waals surface area contributed by atoms with Crippen molar-refractivity contribution in [2.75, 3.05) is 0 Å². The Kier molecular flexibility index (Phi) is 2.54. The molecule has 1 aliphatic rings. The van der Waals surface area contributed by atoms with Gasteiger partial charge in [-0.15, -0.1) is 0 Å². The van der Waals surface area contributed by atoms with Crippen LogP contribution in [0, 0.1) is 0 Å². The monoisotopic (exact) mass is 177 g/mol. The lowest BCUT2D eigenvalue weighted by molar-refractivity contribution is 0.392. The van der Waals surface area contributed by atoms with E-state index in [0.29, 0.717) is 12.0 Å². The van der Waals surface area contributed by atoms with Crippen molar-refractivity contribution in [1.82, 2.24) is 9.97 Å². The molecule has 0 amide bonds. The topological polar surface area (TPSA) is 51.8 Å². The third-order valence-electron chi connectivity index (χ3n) is 2.77.